The van der Waals surface area contributed by atoms with Crippen LogP contribution in [0.15, 0.2) is 53.7 Å². The number of nitriles is 1. The van der Waals surface area contributed by atoms with Crippen LogP contribution in [-0.2, 0) is 14.3 Å². The number of rotatable bonds is 8. The highest BCUT2D eigenvalue weighted by atomic mass is 32.5. The first-order valence-electron chi connectivity index (χ1n) is 13.6. The number of carbonyl (C=O) groups excluding carboxylic acids is 2. The number of alkyl halides is 4. The van der Waals surface area contributed by atoms with Crippen LogP contribution < -0.4 is 15.5 Å². The smallest absolute Gasteiger partial charge is 0.345 e. The second kappa shape index (κ2) is 15.1. The number of carbonyl (C=O) groups is 2. The molecule has 1 aromatic heterocycles. The van der Waals surface area contributed by atoms with Gasteiger partial charge in [-0.1, -0.05) is 25.5 Å². The molecule has 2 aromatic rings. The SMILES string of the molecule is CN(CC(=O)NC1CCC(F)(F)CC1)c1ccc(S(F)(F)(F)(F)F)cc1.N#CN1CC(OC(F)F)CC1C=O.Pc1cccnc1. The number of nitrogens with zero attached hydrogens (tertiary/aromatic N) is 4. The lowest BCUT2D eigenvalue weighted by Gasteiger charge is -2.40. The number of likely N-dealkylation sites (tertiary alicyclic amines) is 1. The fraction of sp³-hybridized carbons (Fsp3) is 0.481. The number of nitrogens with one attached hydrogen (secondary N) is 1. The molecular formula is C27H33F9N5O3PS. The molecule has 19 heteroatoms. The highest BCUT2D eigenvalue weighted by molar-refractivity contribution is 8.45. The lowest BCUT2D eigenvalue weighted by Crippen LogP contribution is -2.44. The Labute approximate surface area is 262 Å². The van der Waals surface area contributed by atoms with Crippen LogP contribution in [0.4, 0.5) is 42.7 Å². The molecule has 1 aliphatic heterocycles. The Kier molecular flexibility index (Phi) is 12.7. The zero-order valence-electron chi connectivity index (χ0n) is 24.4. The minimum atomic E-state index is -9.73. The third-order valence-electron chi connectivity index (χ3n) is 6.76. The topological polar surface area (TPSA) is 98.6 Å². The van der Waals surface area contributed by atoms with E-state index in [4.69, 9.17) is 5.26 Å². The minimum Gasteiger partial charge on any atom is -0.365 e. The van der Waals surface area contributed by atoms with Crippen molar-refractivity contribution in [1.29, 1.82) is 5.26 Å². The number of amides is 1. The Morgan fingerprint density at radius 3 is 2.22 bits per heavy atom. The van der Waals surface area contributed by atoms with Crippen LogP contribution in [0.3, 0.4) is 0 Å². The van der Waals surface area contributed by atoms with Crippen molar-refractivity contribution < 1.29 is 51.3 Å². The van der Waals surface area contributed by atoms with Crippen molar-refractivity contribution in [3.63, 3.8) is 0 Å². The molecule has 0 spiro atoms. The van der Waals surface area contributed by atoms with Gasteiger partial charge in [0, 0.05) is 50.4 Å². The van der Waals surface area contributed by atoms with Crippen LogP contribution in [0.25, 0.3) is 0 Å². The summed E-state index contributed by atoms with van der Waals surface area (Å²) in [5.74, 6) is -3.21. The molecule has 3 atom stereocenters. The number of benzene rings is 1. The molecule has 258 valence electrons. The molecule has 1 amide bonds. The van der Waals surface area contributed by atoms with Crippen molar-refractivity contribution in [3.8, 4) is 6.19 Å². The first-order chi connectivity index (χ1) is 21.1. The molecule has 1 N–H and O–H groups in total. The Bertz CT molecular complexity index is 1330. The maximum Gasteiger partial charge on any atom is 0.345 e. The van der Waals surface area contributed by atoms with E-state index in [0.29, 0.717) is 6.29 Å². The average Bonchev–Trinajstić information content (AvgIpc) is 3.35. The van der Waals surface area contributed by atoms with Gasteiger partial charge >= 0.3 is 16.8 Å². The Balaban J connectivity index is 0.000000301. The van der Waals surface area contributed by atoms with E-state index >= 15 is 0 Å². The van der Waals surface area contributed by atoms with Gasteiger partial charge < -0.3 is 19.7 Å². The second-order valence-corrected chi connectivity index (χ2v) is 13.6. The number of halogens is 9. The van der Waals surface area contributed by atoms with Crippen LogP contribution >= 0.6 is 19.5 Å². The predicted octanol–water partition coefficient (Wildman–Crippen LogP) is 6.40. The zero-order valence-corrected chi connectivity index (χ0v) is 26.3. The van der Waals surface area contributed by atoms with Crippen molar-refractivity contribution in [1.82, 2.24) is 15.2 Å². The summed E-state index contributed by atoms with van der Waals surface area (Å²) in [7, 11) is -5.76. The van der Waals surface area contributed by atoms with Crippen molar-refractivity contribution in [2.75, 3.05) is 25.0 Å². The third-order valence-corrected chi connectivity index (χ3v) is 8.26. The first kappa shape index (κ1) is 38.9. The number of hydrogen-bond donors (Lipinski definition) is 1. The zero-order chi connectivity index (χ0) is 34.8. The summed E-state index contributed by atoms with van der Waals surface area (Å²) in [6.45, 7) is -3.04. The standard InChI is InChI=1S/C15H19F7N2OS.C7H8F2N2O2.C5H6NP/c1-24(10-14(25)23-11-6-8-15(16,17)9-7-11)12-2-4-13(5-3-12)26(18,19,20,21)22;8-7(9)13-6-1-5(3-12)11(2-6)4-10;7-5-2-1-3-6-4-5/h2-5,11H,6-10H2,1H3,(H,23,25);3,5-7H,1-2H2;1-4H,7H2. The van der Waals surface area contributed by atoms with Gasteiger partial charge in [0.25, 0.3) is 0 Å². The molecule has 2 aliphatic rings. The highest BCUT2D eigenvalue weighted by Crippen LogP contribution is 3.02. The van der Waals surface area contributed by atoms with E-state index in [0.717, 1.165) is 22.3 Å². The largest absolute Gasteiger partial charge is 0.365 e. The predicted molar refractivity (Wildman–Crippen MR) is 158 cm³/mol. The number of aldehydes is 1. The number of hydrogen-bond acceptors (Lipinski definition) is 7. The molecule has 0 bridgehead atoms. The van der Waals surface area contributed by atoms with E-state index in [1.807, 2.05) is 12.1 Å². The van der Waals surface area contributed by atoms with Gasteiger partial charge in [-0.25, -0.2) is 8.78 Å². The Morgan fingerprint density at radius 1 is 1.20 bits per heavy atom. The van der Waals surface area contributed by atoms with Crippen molar-refractivity contribution in [2.24, 2.45) is 0 Å². The van der Waals surface area contributed by atoms with E-state index in [2.05, 4.69) is 24.3 Å². The summed E-state index contributed by atoms with van der Waals surface area (Å²) in [6, 6.07) is 5.13. The molecule has 1 saturated carbocycles. The molecule has 2 heterocycles. The molecule has 2 fully saturated rings. The normalized spacial score (nSPS) is 20.9. The number of ether oxygens (including phenoxy) is 1. The Morgan fingerprint density at radius 2 is 1.80 bits per heavy atom. The van der Waals surface area contributed by atoms with Gasteiger partial charge in [-0.3, -0.25) is 14.7 Å². The van der Waals surface area contributed by atoms with Gasteiger partial charge in [0.15, 0.2) is 6.19 Å². The fourth-order valence-corrected chi connectivity index (χ4v) is 5.26. The molecule has 1 aromatic carbocycles. The summed E-state index contributed by atoms with van der Waals surface area (Å²) in [6.07, 6.45) is 4.94. The molecule has 46 heavy (non-hydrogen) atoms. The van der Waals surface area contributed by atoms with Crippen LogP contribution in [0.2, 0.25) is 0 Å². The van der Waals surface area contributed by atoms with Crippen LogP contribution in [0.5, 0.6) is 0 Å². The molecule has 0 radical (unpaired) electrons. The lowest BCUT2D eigenvalue weighted by molar-refractivity contribution is -0.158. The van der Waals surface area contributed by atoms with Gasteiger partial charge in [0.2, 0.25) is 11.8 Å². The highest BCUT2D eigenvalue weighted by Gasteiger charge is 2.65. The summed E-state index contributed by atoms with van der Waals surface area (Å²) >= 11 is 0. The maximum absolute atomic E-state index is 13.1. The van der Waals surface area contributed by atoms with E-state index in [9.17, 15) is 46.6 Å². The summed E-state index contributed by atoms with van der Waals surface area (Å²) < 4.78 is 117. The number of aromatic nitrogens is 1. The van der Waals surface area contributed by atoms with Gasteiger partial charge in [0.05, 0.1) is 25.2 Å². The molecule has 1 saturated heterocycles. The van der Waals surface area contributed by atoms with Gasteiger partial charge in [-0.05, 0) is 48.5 Å². The minimum absolute atomic E-state index is 0.0598. The van der Waals surface area contributed by atoms with Crippen molar-refractivity contribution in [3.05, 3.63) is 48.8 Å². The number of likely N-dealkylation sites (N-methyl/N-ethyl adjacent to an activating group) is 1. The monoisotopic (exact) mass is 709 g/mol. The van der Waals surface area contributed by atoms with E-state index in [1.54, 1.807) is 18.6 Å². The van der Waals surface area contributed by atoms with Crippen LogP contribution in [0.1, 0.15) is 32.1 Å². The first-order valence-corrected chi connectivity index (χ1v) is 16.1. The van der Waals surface area contributed by atoms with E-state index in [-0.39, 0.29) is 69.1 Å². The lowest BCUT2D eigenvalue weighted by atomic mass is 9.92. The van der Waals surface area contributed by atoms with Crippen molar-refractivity contribution in [2.45, 2.75) is 67.7 Å². The Hall–Kier alpha value is -3.29. The number of anilines is 1. The molecule has 1 aliphatic carbocycles. The van der Waals surface area contributed by atoms with Crippen LogP contribution in [-0.4, -0.2) is 72.9 Å². The quantitative estimate of drug-likeness (QED) is 0.147. The van der Waals surface area contributed by atoms with Crippen LogP contribution in [0, 0.1) is 11.5 Å². The maximum atomic E-state index is 13.1. The summed E-state index contributed by atoms with van der Waals surface area (Å²) in [4.78, 5) is 26.6. The fourth-order valence-electron chi connectivity index (χ4n) is 4.41. The summed E-state index contributed by atoms with van der Waals surface area (Å²) in [5, 5.41) is 12.2. The number of pyridine rings is 1. The summed E-state index contributed by atoms with van der Waals surface area (Å²) in [5.41, 5.74) is 0.140. The average molecular weight is 710 g/mol. The molecular weight excluding hydrogens is 676 g/mol. The van der Waals surface area contributed by atoms with Crippen molar-refractivity contribution >= 4 is 42.6 Å². The molecule has 4 rings (SSSR count). The van der Waals surface area contributed by atoms with E-state index in [1.165, 1.54) is 11.9 Å². The molecule has 3 unspecified atom stereocenters. The third kappa shape index (κ3) is 13.6. The van der Waals surface area contributed by atoms with Gasteiger partial charge in [-0.2, -0.15) is 14.0 Å². The van der Waals surface area contributed by atoms with Gasteiger partial charge in [0.1, 0.15) is 11.2 Å². The molecule has 8 nitrogen and oxygen atoms in total. The second-order valence-electron chi connectivity index (χ2n) is 10.5. The van der Waals surface area contributed by atoms with E-state index < -0.39 is 45.7 Å². The van der Waals surface area contributed by atoms with Gasteiger partial charge in [-0.15, -0.1) is 9.24 Å².